The molecule has 0 aromatic carbocycles. The molecule has 0 aliphatic rings. The van der Waals surface area contributed by atoms with E-state index >= 15 is 0 Å². The lowest BCUT2D eigenvalue weighted by Gasteiger charge is -2.05. The lowest BCUT2D eigenvalue weighted by atomic mass is 10.0. The van der Waals surface area contributed by atoms with Gasteiger partial charge in [-0.25, -0.2) is 0 Å². The van der Waals surface area contributed by atoms with E-state index in [0.717, 1.165) is 6.42 Å². The Kier molecular flexibility index (Phi) is 10.2. The largest absolute Gasteiger partial charge is 0.103 e. The minimum atomic E-state index is 1.14. The zero-order chi connectivity index (χ0) is 12.2. The Bertz CT molecular complexity index is 226. The maximum Gasteiger partial charge on any atom is -0.0285 e. The summed E-state index contributed by atoms with van der Waals surface area (Å²) in [6.07, 6.45) is 15.4. The number of rotatable bonds is 9. The molecule has 0 spiro atoms. The molecule has 0 saturated heterocycles. The quantitative estimate of drug-likeness (QED) is 0.339. The zero-order valence-electron chi connectivity index (χ0n) is 11.4. The van der Waals surface area contributed by atoms with E-state index in [1.54, 1.807) is 5.57 Å². The highest BCUT2D eigenvalue weighted by Gasteiger charge is 1.96. The van der Waals surface area contributed by atoms with Crippen molar-refractivity contribution >= 4 is 0 Å². The van der Waals surface area contributed by atoms with Crippen LogP contribution in [0.2, 0.25) is 0 Å². The van der Waals surface area contributed by atoms with Crippen molar-refractivity contribution in [3.8, 4) is 0 Å². The van der Waals surface area contributed by atoms with Crippen LogP contribution in [0, 0.1) is 0 Å². The predicted octanol–water partition coefficient (Wildman–Crippen LogP) is 5.82. The molecule has 0 heteroatoms. The van der Waals surface area contributed by atoms with Gasteiger partial charge in [0.25, 0.3) is 0 Å². The molecular formula is C16H28. The van der Waals surface area contributed by atoms with Crippen molar-refractivity contribution in [2.24, 2.45) is 0 Å². The summed E-state index contributed by atoms with van der Waals surface area (Å²) < 4.78 is 0. The highest BCUT2D eigenvalue weighted by atomic mass is 14.0. The second kappa shape index (κ2) is 10.7. The number of hydrogen-bond donors (Lipinski definition) is 0. The molecule has 0 heterocycles. The van der Waals surface area contributed by atoms with Crippen molar-refractivity contribution in [2.45, 2.75) is 65.7 Å². The predicted molar refractivity (Wildman–Crippen MR) is 75.7 cm³/mol. The first-order valence-electron chi connectivity index (χ1n) is 6.62. The Hall–Kier alpha value is -0.780. The third-order valence-electron chi connectivity index (χ3n) is 2.65. The molecule has 0 amide bonds. The van der Waals surface area contributed by atoms with Gasteiger partial charge < -0.3 is 0 Å². The van der Waals surface area contributed by atoms with Gasteiger partial charge in [0.1, 0.15) is 0 Å². The average Bonchev–Trinajstić information content (AvgIpc) is 2.25. The van der Waals surface area contributed by atoms with Crippen molar-refractivity contribution in [2.75, 3.05) is 0 Å². The van der Waals surface area contributed by atoms with Gasteiger partial charge in [0.15, 0.2) is 0 Å². The number of allylic oxidation sites excluding steroid dienone is 5. The van der Waals surface area contributed by atoms with E-state index in [1.165, 1.54) is 44.1 Å². The molecule has 0 rings (SSSR count). The molecule has 0 atom stereocenters. The molecule has 16 heavy (non-hydrogen) atoms. The van der Waals surface area contributed by atoms with Gasteiger partial charge in [0.05, 0.1) is 0 Å². The molecule has 0 aliphatic carbocycles. The third-order valence-corrected chi connectivity index (χ3v) is 2.65. The molecule has 0 N–H and O–H groups in total. The molecule has 0 bridgehead atoms. The zero-order valence-corrected chi connectivity index (χ0v) is 11.4. The SMILES string of the molecule is C=CCCC/C(=C\CCC)CCC=C(C)C. The van der Waals surface area contributed by atoms with Crippen LogP contribution in [0.3, 0.4) is 0 Å². The molecule has 0 aromatic heterocycles. The van der Waals surface area contributed by atoms with E-state index < -0.39 is 0 Å². The number of hydrogen-bond acceptors (Lipinski definition) is 0. The first-order chi connectivity index (χ1) is 7.70. The van der Waals surface area contributed by atoms with E-state index in [9.17, 15) is 0 Å². The molecule has 0 saturated carbocycles. The fourth-order valence-corrected chi connectivity index (χ4v) is 1.70. The summed E-state index contributed by atoms with van der Waals surface area (Å²) in [6.45, 7) is 10.4. The summed E-state index contributed by atoms with van der Waals surface area (Å²) in [6, 6.07) is 0. The van der Waals surface area contributed by atoms with Gasteiger partial charge in [-0.3, -0.25) is 0 Å². The summed E-state index contributed by atoms with van der Waals surface area (Å²) in [5, 5.41) is 0. The summed E-state index contributed by atoms with van der Waals surface area (Å²) >= 11 is 0. The minimum Gasteiger partial charge on any atom is -0.103 e. The second-order valence-corrected chi connectivity index (χ2v) is 4.65. The lowest BCUT2D eigenvalue weighted by molar-refractivity contribution is 0.773. The van der Waals surface area contributed by atoms with Crippen LogP contribution in [0.1, 0.15) is 65.7 Å². The third kappa shape index (κ3) is 9.76. The van der Waals surface area contributed by atoms with Crippen LogP contribution >= 0.6 is 0 Å². The van der Waals surface area contributed by atoms with E-state index in [2.05, 4.69) is 39.5 Å². The summed E-state index contributed by atoms with van der Waals surface area (Å²) in [7, 11) is 0. The topological polar surface area (TPSA) is 0 Å². The smallest absolute Gasteiger partial charge is 0.0285 e. The van der Waals surface area contributed by atoms with Crippen LogP contribution in [-0.2, 0) is 0 Å². The highest BCUT2D eigenvalue weighted by molar-refractivity contribution is 5.05. The van der Waals surface area contributed by atoms with Crippen molar-refractivity contribution in [1.29, 1.82) is 0 Å². The van der Waals surface area contributed by atoms with E-state index in [-0.39, 0.29) is 0 Å². The van der Waals surface area contributed by atoms with E-state index in [4.69, 9.17) is 0 Å². The molecule has 0 fully saturated rings. The normalized spacial score (nSPS) is 11.3. The van der Waals surface area contributed by atoms with Crippen LogP contribution < -0.4 is 0 Å². The Morgan fingerprint density at radius 1 is 1.00 bits per heavy atom. The fraction of sp³-hybridized carbons (Fsp3) is 0.625. The summed E-state index contributed by atoms with van der Waals surface area (Å²) in [4.78, 5) is 0. The van der Waals surface area contributed by atoms with Gasteiger partial charge in [-0.15, -0.1) is 6.58 Å². The standard InChI is InChI=1S/C16H28/c1-5-7-9-13-16(12-8-6-2)14-10-11-15(3)4/h5,11-12H,1,6-10,13-14H2,2-4H3/b16-12+. The molecule has 0 nitrogen and oxygen atoms in total. The molecular weight excluding hydrogens is 192 g/mol. The van der Waals surface area contributed by atoms with Crippen LogP contribution in [0.5, 0.6) is 0 Å². The molecule has 0 aromatic rings. The first kappa shape index (κ1) is 15.2. The number of unbranched alkanes of at least 4 members (excludes halogenated alkanes) is 2. The minimum absolute atomic E-state index is 1.14. The Balaban J connectivity index is 3.99. The van der Waals surface area contributed by atoms with Crippen molar-refractivity contribution in [3.63, 3.8) is 0 Å². The second-order valence-electron chi connectivity index (χ2n) is 4.65. The maximum atomic E-state index is 3.78. The first-order valence-corrected chi connectivity index (χ1v) is 6.62. The lowest BCUT2D eigenvalue weighted by Crippen LogP contribution is -1.85. The van der Waals surface area contributed by atoms with Crippen molar-refractivity contribution < 1.29 is 0 Å². The van der Waals surface area contributed by atoms with Crippen molar-refractivity contribution in [1.82, 2.24) is 0 Å². The van der Waals surface area contributed by atoms with Crippen LogP contribution in [0.4, 0.5) is 0 Å². The highest BCUT2D eigenvalue weighted by Crippen LogP contribution is 2.16. The van der Waals surface area contributed by atoms with Crippen LogP contribution in [0.15, 0.2) is 36.0 Å². The van der Waals surface area contributed by atoms with Gasteiger partial charge >= 0.3 is 0 Å². The van der Waals surface area contributed by atoms with Gasteiger partial charge in [-0.1, -0.05) is 42.7 Å². The fourth-order valence-electron chi connectivity index (χ4n) is 1.70. The van der Waals surface area contributed by atoms with Gasteiger partial charge in [0.2, 0.25) is 0 Å². The van der Waals surface area contributed by atoms with Gasteiger partial charge in [0, 0.05) is 0 Å². The Morgan fingerprint density at radius 3 is 2.31 bits per heavy atom. The maximum absolute atomic E-state index is 3.78. The molecule has 0 unspecified atom stereocenters. The van der Waals surface area contributed by atoms with Crippen LogP contribution in [0.25, 0.3) is 0 Å². The van der Waals surface area contributed by atoms with E-state index in [0.29, 0.717) is 0 Å². The summed E-state index contributed by atoms with van der Waals surface area (Å²) in [5.41, 5.74) is 3.07. The van der Waals surface area contributed by atoms with Crippen LogP contribution in [-0.4, -0.2) is 0 Å². The average molecular weight is 220 g/mol. The van der Waals surface area contributed by atoms with Crippen molar-refractivity contribution in [3.05, 3.63) is 36.0 Å². The Morgan fingerprint density at radius 2 is 1.75 bits per heavy atom. The molecule has 0 radical (unpaired) electrons. The monoisotopic (exact) mass is 220 g/mol. The van der Waals surface area contributed by atoms with Gasteiger partial charge in [-0.05, 0) is 52.4 Å². The molecule has 92 valence electrons. The van der Waals surface area contributed by atoms with E-state index in [1.807, 2.05) is 6.08 Å². The molecule has 0 aliphatic heterocycles. The van der Waals surface area contributed by atoms with Gasteiger partial charge in [-0.2, -0.15) is 0 Å². The Labute approximate surface area is 102 Å². The summed E-state index contributed by atoms with van der Waals surface area (Å²) in [5.74, 6) is 0.